The third-order valence-corrected chi connectivity index (χ3v) is 5.62. The molecule has 0 radical (unpaired) electrons. The maximum atomic E-state index is 12.3. The summed E-state index contributed by atoms with van der Waals surface area (Å²) in [5.74, 6) is -0.599. The molecule has 0 aliphatic rings. The molecule has 18 heavy (non-hydrogen) atoms. The number of carbonyl (C=O) groups excluding carboxylic acids is 1. The van der Waals surface area contributed by atoms with Crippen LogP contribution in [0, 0.1) is 0 Å². The summed E-state index contributed by atoms with van der Waals surface area (Å²) in [7, 11) is -3.50. The van der Waals surface area contributed by atoms with Gasteiger partial charge in [0.25, 0.3) is 5.91 Å². The van der Waals surface area contributed by atoms with Gasteiger partial charge >= 0.3 is 0 Å². The number of thiophene rings is 1. The number of carbonyl (C=O) groups is 1. The van der Waals surface area contributed by atoms with Crippen LogP contribution < -0.4 is 5.73 Å². The van der Waals surface area contributed by atoms with E-state index in [1.54, 1.807) is 6.92 Å². The molecule has 5 nitrogen and oxygen atoms in total. The Bertz CT molecular complexity index is 508. The lowest BCUT2D eigenvalue weighted by molar-refractivity contribution is 0.100. The molecule has 0 aliphatic heterocycles. The van der Waals surface area contributed by atoms with Crippen LogP contribution in [0.3, 0.4) is 0 Å². The number of primary amides is 1. The molecule has 102 valence electrons. The summed E-state index contributed by atoms with van der Waals surface area (Å²) in [6.07, 6.45) is 1.75. The summed E-state index contributed by atoms with van der Waals surface area (Å²) in [5.41, 5.74) is 5.12. The van der Waals surface area contributed by atoms with Crippen LogP contribution >= 0.6 is 11.3 Å². The predicted molar refractivity (Wildman–Crippen MR) is 72.2 cm³/mol. The van der Waals surface area contributed by atoms with Crippen LogP contribution in [-0.2, 0) is 10.0 Å². The van der Waals surface area contributed by atoms with Crippen LogP contribution in [-0.4, -0.2) is 31.7 Å². The van der Waals surface area contributed by atoms with Gasteiger partial charge in [-0.2, -0.15) is 4.31 Å². The molecule has 0 unspecified atom stereocenters. The molecule has 0 atom stereocenters. The average Bonchev–Trinajstić information content (AvgIpc) is 2.79. The number of hydrogen-bond donors (Lipinski definition) is 1. The van der Waals surface area contributed by atoms with Gasteiger partial charge in [-0.1, -0.05) is 20.3 Å². The van der Waals surface area contributed by atoms with Crippen molar-refractivity contribution in [2.45, 2.75) is 31.6 Å². The van der Waals surface area contributed by atoms with Crippen molar-refractivity contribution in [3.63, 3.8) is 0 Å². The highest BCUT2D eigenvalue weighted by atomic mass is 32.2. The van der Waals surface area contributed by atoms with E-state index in [1.807, 2.05) is 6.92 Å². The fraction of sp³-hybridized carbons (Fsp3) is 0.545. The second kappa shape index (κ2) is 6.31. The van der Waals surface area contributed by atoms with Gasteiger partial charge in [-0.05, 0) is 12.5 Å². The first-order valence-electron chi connectivity index (χ1n) is 5.82. The Morgan fingerprint density at radius 3 is 2.56 bits per heavy atom. The summed E-state index contributed by atoms with van der Waals surface area (Å²) in [6, 6.07) is 1.34. The normalized spacial score (nSPS) is 11.9. The SMILES string of the molecule is CCCCN(CC)S(=O)(=O)c1csc(C(N)=O)c1. The lowest BCUT2D eigenvalue weighted by Crippen LogP contribution is -2.31. The van der Waals surface area contributed by atoms with Crippen molar-refractivity contribution in [1.82, 2.24) is 4.31 Å². The summed E-state index contributed by atoms with van der Waals surface area (Å²) in [6.45, 7) is 4.73. The Labute approximate surface area is 112 Å². The molecule has 2 N–H and O–H groups in total. The first-order chi connectivity index (χ1) is 8.43. The quantitative estimate of drug-likeness (QED) is 0.829. The molecule has 1 aromatic heterocycles. The van der Waals surface area contributed by atoms with Crippen molar-refractivity contribution in [2.24, 2.45) is 5.73 Å². The van der Waals surface area contributed by atoms with Gasteiger partial charge in [0.2, 0.25) is 10.0 Å². The van der Waals surface area contributed by atoms with Gasteiger partial charge in [-0.25, -0.2) is 8.42 Å². The Hall–Kier alpha value is -0.920. The molecule has 1 amide bonds. The smallest absolute Gasteiger partial charge is 0.258 e. The number of hydrogen-bond acceptors (Lipinski definition) is 4. The average molecular weight is 290 g/mol. The zero-order valence-electron chi connectivity index (χ0n) is 10.5. The van der Waals surface area contributed by atoms with E-state index in [2.05, 4.69) is 0 Å². The third-order valence-electron chi connectivity index (χ3n) is 2.57. The molecule has 0 spiro atoms. The van der Waals surface area contributed by atoms with Gasteiger partial charge in [0.1, 0.15) is 0 Å². The number of unbranched alkanes of at least 4 members (excludes halogenated alkanes) is 1. The van der Waals surface area contributed by atoms with E-state index in [0.29, 0.717) is 13.1 Å². The second-order valence-corrected chi connectivity index (χ2v) is 6.71. The fourth-order valence-electron chi connectivity index (χ4n) is 1.52. The standard InChI is InChI=1S/C11H18N2O3S2/c1-3-5-6-13(4-2)18(15,16)9-7-10(11(12)14)17-8-9/h7-8H,3-6H2,1-2H3,(H2,12,14). The predicted octanol–water partition coefficient (Wildman–Crippen LogP) is 1.66. The molecule has 7 heteroatoms. The van der Waals surface area contributed by atoms with Gasteiger partial charge in [0, 0.05) is 18.5 Å². The number of sulfonamides is 1. The van der Waals surface area contributed by atoms with Gasteiger partial charge in [-0.15, -0.1) is 11.3 Å². The lowest BCUT2D eigenvalue weighted by Gasteiger charge is -2.19. The molecular weight excluding hydrogens is 272 g/mol. The topological polar surface area (TPSA) is 80.5 Å². The molecule has 0 saturated heterocycles. The monoisotopic (exact) mass is 290 g/mol. The molecule has 0 bridgehead atoms. The number of nitrogens with two attached hydrogens (primary N) is 1. The lowest BCUT2D eigenvalue weighted by atomic mass is 10.3. The summed E-state index contributed by atoms with van der Waals surface area (Å²) >= 11 is 1.06. The Morgan fingerprint density at radius 1 is 1.44 bits per heavy atom. The Balaban J connectivity index is 2.99. The molecule has 1 aromatic rings. The highest BCUT2D eigenvalue weighted by Gasteiger charge is 2.24. The molecule has 0 aliphatic carbocycles. The van der Waals surface area contributed by atoms with E-state index >= 15 is 0 Å². The van der Waals surface area contributed by atoms with Crippen molar-refractivity contribution in [3.8, 4) is 0 Å². The van der Waals surface area contributed by atoms with Gasteiger partial charge in [0.05, 0.1) is 9.77 Å². The van der Waals surface area contributed by atoms with Crippen molar-refractivity contribution in [2.75, 3.05) is 13.1 Å². The van der Waals surface area contributed by atoms with Gasteiger partial charge in [0.15, 0.2) is 0 Å². The summed E-state index contributed by atoms with van der Waals surface area (Å²) < 4.78 is 26.0. The molecular formula is C11H18N2O3S2. The fourth-order valence-corrected chi connectivity index (χ4v) is 4.12. The van der Waals surface area contributed by atoms with E-state index in [-0.39, 0.29) is 9.77 Å². The molecule has 0 aromatic carbocycles. The largest absolute Gasteiger partial charge is 0.365 e. The van der Waals surface area contributed by atoms with E-state index in [9.17, 15) is 13.2 Å². The van der Waals surface area contributed by atoms with Crippen molar-refractivity contribution < 1.29 is 13.2 Å². The number of nitrogens with zero attached hydrogens (tertiary/aromatic N) is 1. The maximum Gasteiger partial charge on any atom is 0.258 e. The minimum atomic E-state index is -3.50. The molecule has 0 saturated carbocycles. The van der Waals surface area contributed by atoms with Crippen LogP contribution in [0.2, 0.25) is 0 Å². The molecule has 0 fully saturated rings. The maximum absolute atomic E-state index is 12.3. The highest BCUT2D eigenvalue weighted by Crippen LogP contribution is 2.22. The van der Waals surface area contributed by atoms with Crippen LogP contribution in [0.4, 0.5) is 0 Å². The van der Waals surface area contributed by atoms with E-state index < -0.39 is 15.9 Å². The summed E-state index contributed by atoms with van der Waals surface area (Å²) in [4.78, 5) is 11.4. The van der Waals surface area contributed by atoms with Crippen molar-refractivity contribution in [3.05, 3.63) is 16.3 Å². The van der Waals surface area contributed by atoms with Gasteiger partial charge < -0.3 is 5.73 Å². The van der Waals surface area contributed by atoms with E-state index in [0.717, 1.165) is 24.2 Å². The van der Waals surface area contributed by atoms with E-state index in [1.165, 1.54) is 15.8 Å². The van der Waals surface area contributed by atoms with Crippen LogP contribution in [0.15, 0.2) is 16.3 Å². The first kappa shape index (κ1) is 15.1. The highest BCUT2D eigenvalue weighted by molar-refractivity contribution is 7.89. The molecule has 1 rings (SSSR count). The van der Waals surface area contributed by atoms with Crippen molar-refractivity contribution >= 4 is 27.3 Å². The first-order valence-corrected chi connectivity index (χ1v) is 8.14. The Kier molecular flexibility index (Phi) is 5.30. The minimum absolute atomic E-state index is 0.152. The molecule has 1 heterocycles. The van der Waals surface area contributed by atoms with Gasteiger partial charge in [-0.3, -0.25) is 4.79 Å². The number of rotatable bonds is 7. The van der Waals surface area contributed by atoms with E-state index in [4.69, 9.17) is 5.73 Å². The second-order valence-electron chi connectivity index (χ2n) is 3.86. The zero-order valence-corrected chi connectivity index (χ0v) is 12.2. The van der Waals surface area contributed by atoms with Crippen molar-refractivity contribution in [1.29, 1.82) is 0 Å². The van der Waals surface area contributed by atoms with Crippen LogP contribution in [0.1, 0.15) is 36.4 Å². The summed E-state index contributed by atoms with van der Waals surface area (Å²) in [5, 5.41) is 1.46. The minimum Gasteiger partial charge on any atom is -0.365 e. The number of amides is 1. The third kappa shape index (κ3) is 3.30. The van der Waals surface area contributed by atoms with Crippen LogP contribution in [0.25, 0.3) is 0 Å². The van der Waals surface area contributed by atoms with Crippen LogP contribution in [0.5, 0.6) is 0 Å². The zero-order chi connectivity index (χ0) is 13.8. The Morgan fingerprint density at radius 2 is 2.11 bits per heavy atom.